The van der Waals surface area contributed by atoms with Gasteiger partial charge < -0.3 is 15.3 Å². The number of rotatable bonds is 4. The topological polar surface area (TPSA) is 60.7 Å². The van der Waals surface area contributed by atoms with Gasteiger partial charge in [0, 0.05) is 11.5 Å². The van der Waals surface area contributed by atoms with Crippen LogP contribution in [-0.2, 0) is 0 Å². The summed E-state index contributed by atoms with van der Waals surface area (Å²) in [5.74, 6) is 2.24. The van der Waals surface area contributed by atoms with Crippen molar-refractivity contribution in [3.63, 3.8) is 0 Å². The van der Waals surface area contributed by atoms with E-state index in [-0.39, 0.29) is 6.61 Å². The molecule has 0 aromatic heterocycles. The molecule has 0 aromatic carbocycles. The number of aliphatic hydroxyl groups is 3. The highest BCUT2D eigenvalue weighted by Gasteiger charge is 2.23. The van der Waals surface area contributed by atoms with Gasteiger partial charge in [-0.25, -0.2) is 0 Å². The fraction of sp³-hybridized carbons (Fsp3) is 1.00. The van der Waals surface area contributed by atoms with Crippen LogP contribution in [0.15, 0.2) is 0 Å². The van der Waals surface area contributed by atoms with Crippen LogP contribution in [0.5, 0.6) is 0 Å². The Labute approximate surface area is 80.6 Å². The van der Waals surface area contributed by atoms with Crippen molar-refractivity contribution in [1.29, 1.82) is 0 Å². The maximum Gasteiger partial charge on any atom is 0.103 e. The number of hydrogen-bond donors (Lipinski definition) is 3. The van der Waals surface area contributed by atoms with Crippen LogP contribution in [0.2, 0.25) is 0 Å². The predicted molar refractivity (Wildman–Crippen MR) is 52.4 cm³/mol. The standard InChI is InChI=1S/C7H14O3S2/c8-4-6(10)5(9)3-7-11-1-2-12-7/h5-10H,1-4H2/t5-,6+/m1/s1. The van der Waals surface area contributed by atoms with Gasteiger partial charge in [-0.1, -0.05) is 0 Å². The van der Waals surface area contributed by atoms with Gasteiger partial charge in [-0.05, 0) is 6.42 Å². The molecule has 0 aromatic rings. The van der Waals surface area contributed by atoms with Crippen LogP contribution in [0, 0.1) is 0 Å². The zero-order chi connectivity index (χ0) is 8.97. The van der Waals surface area contributed by atoms with Crippen molar-refractivity contribution in [2.45, 2.75) is 23.2 Å². The van der Waals surface area contributed by atoms with Gasteiger partial charge in [0.15, 0.2) is 0 Å². The van der Waals surface area contributed by atoms with Crippen molar-refractivity contribution in [2.24, 2.45) is 0 Å². The summed E-state index contributed by atoms with van der Waals surface area (Å²) in [6, 6.07) is 0. The van der Waals surface area contributed by atoms with Crippen molar-refractivity contribution < 1.29 is 15.3 Å². The van der Waals surface area contributed by atoms with E-state index in [2.05, 4.69) is 0 Å². The first-order valence-electron chi connectivity index (χ1n) is 3.94. The van der Waals surface area contributed by atoms with Gasteiger partial charge in [0.25, 0.3) is 0 Å². The Hall–Kier alpha value is 0.580. The van der Waals surface area contributed by atoms with E-state index in [1.807, 2.05) is 23.5 Å². The Morgan fingerprint density at radius 1 is 1.17 bits per heavy atom. The fourth-order valence-corrected chi connectivity index (χ4v) is 3.94. The molecule has 1 aliphatic rings. The van der Waals surface area contributed by atoms with E-state index in [0.29, 0.717) is 11.0 Å². The third-order valence-electron chi connectivity index (χ3n) is 1.76. The molecule has 0 unspecified atom stereocenters. The van der Waals surface area contributed by atoms with Gasteiger partial charge >= 0.3 is 0 Å². The third kappa shape index (κ3) is 3.14. The Balaban J connectivity index is 2.19. The van der Waals surface area contributed by atoms with E-state index in [9.17, 15) is 5.11 Å². The first-order valence-corrected chi connectivity index (χ1v) is 6.04. The van der Waals surface area contributed by atoms with E-state index < -0.39 is 12.2 Å². The number of aliphatic hydroxyl groups excluding tert-OH is 3. The molecule has 3 nitrogen and oxygen atoms in total. The molecule has 1 aliphatic heterocycles. The Bertz CT molecular complexity index is 128. The summed E-state index contributed by atoms with van der Waals surface area (Å²) >= 11 is 3.62. The number of thioether (sulfide) groups is 2. The average molecular weight is 210 g/mol. The molecule has 1 saturated heterocycles. The van der Waals surface area contributed by atoms with Gasteiger partial charge in [-0.15, -0.1) is 23.5 Å². The molecular formula is C7H14O3S2. The van der Waals surface area contributed by atoms with Crippen molar-refractivity contribution in [3.8, 4) is 0 Å². The molecule has 12 heavy (non-hydrogen) atoms. The third-order valence-corrected chi connectivity index (χ3v) is 4.84. The van der Waals surface area contributed by atoms with Crippen molar-refractivity contribution in [2.75, 3.05) is 18.1 Å². The second-order valence-corrected chi connectivity index (χ2v) is 5.64. The molecule has 3 N–H and O–H groups in total. The summed E-state index contributed by atoms with van der Waals surface area (Å²) in [6.45, 7) is -0.358. The highest BCUT2D eigenvalue weighted by atomic mass is 32.2. The van der Waals surface area contributed by atoms with Gasteiger partial charge in [0.2, 0.25) is 0 Å². The van der Waals surface area contributed by atoms with E-state index in [0.717, 1.165) is 11.5 Å². The Morgan fingerprint density at radius 3 is 2.25 bits per heavy atom. The Morgan fingerprint density at radius 2 is 1.75 bits per heavy atom. The molecule has 0 bridgehead atoms. The van der Waals surface area contributed by atoms with Crippen LogP contribution in [0.3, 0.4) is 0 Å². The van der Waals surface area contributed by atoms with Crippen LogP contribution >= 0.6 is 23.5 Å². The van der Waals surface area contributed by atoms with Crippen LogP contribution in [0.1, 0.15) is 6.42 Å². The quantitative estimate of drug-likeness (QED) is 0.605. The predicted octanol–water partition coefficient (Wildman–Crippen LogP) is -0.103. The van der Waals surface area contributed by atoms with Gasteiger partial charge in [-0.2, -0.15) is 0 Å². The molecule has 1 fully saturated rings. The minimum absolute atomic E-state index is 0.358. The first kappa shape index (κ1) is 10.7. The Kier molecular flexibility index (Phi) is 4.74. The van der Waals surface area contributed by atoms with Crippen LogP contribution in [0.4, 0.5) is 0 Å². The van der Waals surface area contributed by atoms with Crippen molar-refractivity contribution in [3.05, 3.63) is 0 Å². The normalized spacial score (nSPS) is 24.2. The highest BCUT2D eigenvalue weighted by molar-refractivity contribution is 8.20. The lowest BCUT2D eigenvalue weighted by Gasteiger charge is -2.17. The lowest BCUT2D eigenvalue weighted by atomic mass is 10.2. The summed E-state index contributed by atoms with van der Waals surface area (Å²) in [5.41, 5.74) is 0. The van der Waals surface area contributed by atoms with Crippen molar-refractivity contribution in [1.82, 2.24) is 0 Å². The maximum absolute atomic E-state index is 9.34. The minimum Gasteiger partial charge on any atom is -0.394 e. The van der Waals surface area contributed by atoms with Crippen LogP contribution in [-0.4, -0.2) is 50.2 Å². The molecule has 0 radical (unpaired) electrons. The molecule has 5 heteroatoms. The lowest BCUT2D eigenvalue weighted by Crippen LogP contribution is -2.30. The zero-order valence-electron chi connectivity index (χ0n) is 6.72. The molecule has 0 amide bonds. The average Bonchev–Trinajstić information content (AvgIpc) is 2.55. The number of hydrogen-bond acceptors (Lipinski definition) is 5. The molecule has 2 atom stereocenters. The van der Waals surface area contributed by atoms with Crippen molar-refractivity contribution >= 4 is 23.5 Å². The van der Waals surface area contributed by atoms with E-state index in [1.165, 1.54) is 0 Å². The summed E-state index contributed by atoms with van der Waals surface area (Å²) in [6.07, 6.45) is -1.19. The molecular weight excluding hydrogens is 196 g/mol. The smallest absolute Gasteiger partial charge is 0.103 e. The maximum atomic E-state index is 9.34. The highest BCUT2D eigenvalue weighted by Crippen LogP contribution is 2.35. The summed E-state index contributed by atoms with van der Waals surface area (Å²) in [4.78, 5) is 0. The SMILES string of the molecule is OC[C@H](O)[C@H](O)CC1SCCS1. The van der Waals surface area contributed by atoms with Gasteiger partial charge in [0.1, 0.15) is 6.10 Å². The second-order valence-electron chi connectivity index (χ2n) is 2.72. The molecule has 0 spiro atoms. The van der Waals surface area contributed by atoms with Gasteiger partial charge in [-0.3, -0.25) is 0 Å². The molecule has 0 aliphatic carbocycles. The molecule has 72 valence electrons. The van der Waals surface area contributed by atoms with Crippen LogP contribution in [0.25, 0.3) is 0 Å². The summed E-state index contributed by atoms with van der Waals surface area (Å²) < 4.78 is 0.390. The molecule has 0 saturated carbocycles. The van der Waals surface area contributed by atoms with Crippen LogP contribution < -0.4 is 0 Å². The first-order chi connectivity index (χ1) is 5.74. The summed E-state index contributed by atoms with van der Waals surface area (Å²) in [7, 11) is 0. The van der Waals surface area contributed by atoms with E-state index >= 15 is 0 Å². The van der Waals surface area contributed by atoms with E-state index in [4.69, 9.17) is 10.2 Å². The minimum atomic E-state index is -0.980. The van der Waals surface area contributed by atoms with E-state index in [1.54, 1.807) is 0 Å². The monoisotopic (exact) mass is 210 g/mol. The molecule has 1 heterocycles. The fourth-order valence-electron chi connectivity index (χ4n) is 1.02. The second kappa shape index (κ2) is 5.34. The van der Waals surface area contributed by atoms with Gasteiger partial charge in [0.05, 0.1) is 17.3 Å². The summed E-state index contributed by atoms with van der Waals surface area (Å²) in [5, 5.41) is 27.0. The zero-order valence-corrected chi connectivity index (χ0v) is 8.35. The molecule has 1 rings (SSSR count). The largest absolute Gasteiger partial charge is 0.394 e. The lowest BCUT2D eigenvalue weighted by molar-refractivity contribution is -0.0154.